The summed E-state index contributed by atoms with van der Waals surface area (Å²) in [7, 11) is 0. The maximum Gasteiger partial charge on any atom is 0.251 e. The van der Waals surface area contributed by atoms with Crippen LogP contribution in [0, 0.1) is 19.8 Å². The normalized spacial score (nSPS) is 23.6. The van der Waals surface area contributed by atoms with E-state index in [1.807, 2.05) is 19.9 Å². The molecule has 22 heavy (non-hydrogen) atoms. The summed E-state index contributed by atoms with van der Waals surface area (Å²) in [5.74, 6) is 1.70. The molecule has 1 saturated heterocycles. The molecule has 1 fully saturated rings. The fourth-order valence-electron chi connectivity index (χ4n) is 3.76. The Kier molecular flexibility index (Phi) is 3.04. The first-order valence-electron chi connectivity index (χ1n) is 7.71. The minimum Gasteiger partial charge on any atom is -0.361 e. The van der Waals surface area contributed by atoms with E-state index in [-0.39, 0.29) is 5.91 Å². The zero-order valence-corrected chi connectivity index (χ0v) is 12.8. The topological polar surface area (TPSA) is 67.2 Å². The number of fused-ring (bicyclic) bond motifs is 3. The number of carbonyl (C=O) groups excluding carboxylic acids is 1. The summed E-state index contributed by atoms with van der Waals surface area (Å²) in [6.07, 6.45) is 0. The van der Waals surface area contributed by atoms with Crippen molar-refractivity contribution < 1.29 is 9.32 Å². The molecule has 2 aromatic rings. The fourth-order valence-corrected chi connectivity index (χ4v) is 3.76. The minimum atomic E-state index is 0.0259. The van der Waals surface area contributed by atoms with Crippen molar-refractivity contribution in [3.05, 3.63) is 40.8 Å². The summed E-state index contributed by atoms with van der Waals surface area (Å²) in [5, 5.41) is 10.5. The third-order valence-corrected chi connectivity index (χ3v) is 4.88. The van der Waals surface area contributed by atoms with Crippen molar-refractivity contribution in [2.75, 3.05) is 19.6 Å². The maximum absolute atomic E-state index is 12.5. The number of aryl methyl sites for hydroxylation is 2. The molecule has 3 heterocycles. The summed E-state index contributed by atoms with van der Waals surface area (Å²) in [5.41, 5.74) is 4.77. The Labute approximate surface area is 129 Å². The van der Waals surface area contributed by atoms with Gasteiger partial charge < -0.3 is 15.2 Å². The predicted molar refractivity (Wildman–Crippen MR) is 82.8 cm³/mol. The second kappa shape index (κ2) is 4.95. The Morgan fingerprint density at radius 2 is 2.09 bits per heavy atom. The van der Waals surface area contributed by atoms with E-state index in [4.69, 9.17) is 4.52 Å². The smallest absolute Gasteiger partial charge is 0.251 e. The average Bonchev–Trinajstić information content (AvgIpc) is 3.08. The van der Waals surface area contributed by atoms with Gasteiger partial charge in [0.05, 0.1) is 5.69 Å². The van der Waals surface area contributed by atoms with Gasteiger partial charge in [-0.2, -0.15) is 0 Å². The van der Waals surface area contributed by atoms with Crippen molar-refractivity contribution in [3.63, 3.8) is 0 Å². The standard InChI is InChI=1S/C17H19N3O2/c1-9-16(10(2)22-20-9)11-3-4-13-14(5-11)17(21)19-7-12-6-18-8-15(12)13/h3-5,12,15,18H,6-8H2,1-2H3,(H,19,21)/t12-,15+/m0/s1. The van der Waals surface area contributed by atoms with Crippen molar-refractivity contribution in [2.45, 2.75) is 19.8 Å². The van der Waals surface area contributed by atoms with E-state index < -0.39 is 0 Å². The lowest BCUT2D eigenvalue weighted by atomic mass is 9.86. The number of hydrogen-bond acceptors (Lipinski definition) is 4. The predicted octanol–water partition coefficient (Wildman–Crippen LogP) is 2.00. The van der Waals surface area contributed by atoms with E-state index in [0.29, 0.717) is 11.8 Å². The van der Waals surface area contributed by atoms with Gasteiger partial charge in [-0.15, -0.1) is 0 Å². The highest BCUT2D eigenvalue weighted by atomic mass is 16.5. The summed E-state index contributed by atoms with van der Waals surface area (Å²) < 4.78 is 5.25. The Morgan fingerprint density at radius 1 is 1.23 bits per heavy atom. The number of nitrogens with one attached hydrogen (secondary N) is 2. The molecule has 1 amide bonds. The van der Waals surface area contributed by atoms with Crippen LogP contribution in [-0.4, -0.2) is 30.7 Å². The maximum atomic E-state index is 12.5. The van der Waals surface area contributed by atoms with E-state index in [0.717, 1.165) is 53.3 Å². The van der Waals surface area contributed by atoms with E-state index in [1.54, 1.807) is 0 Å². The number of carbonyl (C=O) groups is 1. The summed E-state index contributed by atoms with van der Waals surface area (Å²) >= 11 is 0. The quantitative estimate of drug-likeness (QED) is 0.845. The Balaban J connectivity index is 1.85. The van der Waals surface area contributed by atoms with Crippen molar-refractivity contribution in [1.82, 2.24) is 15.8 Å². The fraction of sp³-hybridized carbons (Fsp3) is 0.412. The second-order valence-corrected chi connectivity index (χ2v) is 6.24. The van der Waals surface area contributed by atoms with Crippen LogP contribution in [0.3, 0.4) is 0 Å². The molecule has 2 atom stereocenters. The molecule has 2 aliphatic rings. The molecule has 1 aromatic carbocycles. The lowest BCUT2D eigenvalue weighted by Crippen LogP contribution is -2.28. The van der Waals surface area contributed by atoms with Crippen molar-refractivity contribution in [1.29, 1.82) is 0 Å². The Morgan fingerprint density at radius 3 is 2.86 bits per heavy atom. The minimum absolute atomic E-state index is 0.0259. The summed E-state index contributed by atoms with van der Waals surface area (Å²) in [6, 6.07) is 6.17. The molecule has 114 valence electrons. The number of benzene rings is 1. The van der Waals surface area contributed by atoms with Crippen LogP contribution in [0.15, 0.2) is 22.7 Å². The molecule has 0 unspecified atom stereocenters. The molecule has 2 aliphatic heterocycles. The average molecular weight is 297 g/mol. The van der Waals surface area contributed by atoms with Gasteiger partial charge in [-0.1, -0.05) is 17.3 Å². The number of aromatic nitrogens is 1. The second-order valence-electron chi connectivity index (χ2n) is 6.24. The highest BCUT2D eigenvalue weighted by Crippen LogP contribution is 2.35. The van der Waals surface area contributed by atoms with Gasteiger partial charge >= 0.3 is 0 Å². The zero-order chi connectivity index (χ0) is 15.3. The van der Waals surface area contributed by atoms with Gasteiger partial charge in [0.1, 0.15) is 5.76 Å². The van der Waals surface area contributed by atoms with Gasteiger partial charge in [-0.3, -0.25) is 4.79 Å². The third-order valence-electron chi connectivity index (χ3n) is 4.88. The molecule has 0 saturated carbocycles. The van der Waals surface area contributed by atoms with Crippen molar-refractivity contribution in [3.8, 4) is 11.1 Å². The molecule has 4 rings (SSSR count). The first-order valence-corrected chi connectivity index (χ1v) is 7.71. The lowest BCUT2D eigenvalue weighted by Gasteiger charge is -2.16. The molecule has 0 spiro atoms. The summed E-state index contributed by atoms with van der Waals surface area (Å²) in [4.78, 5) is 12.5. The van der Waals surface area contributed by atoms with Crippen LogP contribution in [0.25, 0.3) is 11.1 Å². The van der Waals surface area contributed by atoms with Crippen LogP contribution < -0.4 is 10.6 Å². The number of nitrogens with zero attached hydrogens (tertiary/aromatic N) is 1. The monoisotopic (exact) mass is 297 g/mol. The molecule has 0 aliphatic carbocycles. The van der Waals surface area contributed by atoms with E-state index >= 15 is 0 Å². The SMILES string of the molecule is Cc1noc(C)c1-c1ccc2c(c1)C(=O)NC[C@@H]1CNC[C@@H]21. The Bertz CT molecular complexity index is 731. The molecule has 0 bridgehead atoms. The Hall–Kier alpha value is -2.14. The highest BCUT2D eigenvalue weighted by molar-refractivity contribution is 5.97. The molecular weight excluding hydrogens is 278 g/mol. The van der Waals surface area contributed by atoms with Crippen LogP contribution in [0.5, 0.6) is 0 Å². The highest BCUT2D eigenvalue weighted by Gasteiger charge is 2.34. The van der Waals surface area contributed by atoms with Gasteiger partial charge in [0.25, 0.3) is 5.91 Å². The molecule has 2 N–H and O–H groups in total. The first-order chi connectivity index (χ1) is 10.6. The van der Waals surface area contributed by atoms with Crippen LogP contribution in [0.1, 0.15) is 33.3 Å². The number of rotatable bonds is 1. The molecule has 5 heteroatoms. The zero-order valence-electron chi connectivity index (χ0n) is 12.8. The third kappa shape index (κ3) is 1.96. The number of hydrogen-bond donors (Lipinski definition) is 2. The van der Waals surface area contributed by atoms with Crippen LogP contribution in [-0.2, 0) is 0 Å². The van der Waals surface area contributed by atoms with Gasteiger partial charge in [0, 0.05) is 36.7 Å². The van der Waals surface area contributed by atoms with Gasteiger partial charge in [-0.25, -0.2) is 0 Å². The number of amides is 1. The van der Waals surface area contributed by atoms with Gasteiger partial charge in [0.2, 0.25) is 0 Å². The largest absolute Gasteiger partial charge is 0.361 e. The van der Waals surface area contributed by atoms with Crippen LogP contribution >= 0.6 is 0 Å². The van der Waals surface area contributed by atoms with Gasteiger partial charge in [-0.05, 0) is 37.0 Å². The van der Waals surface area contributed by atoms with E-state index in [9.17, 15) is 4.79 Å². The van der Waals surface area contributed by atoms with Crippen molar-refractivity contribution >= 4 is 5.91 Å². The van der Waals surface area contributed by atoms with Crippen molar-refractivity contribution in [2.24, 2.45) is 5.92 Å². The molecule has 5 nitrogen and oxygen atoms in total. The summed E-state index contributed by atoms with van der Waals surface area (Å²) in [6.45, 7) is 6.48. The molecular formula is C17H19N3O2. The van der Waals surface area contributed by atoms with Crippen LogP contribution in [0.2, 0.25) is 0 Å². The molecule has 1 aromatic heterocycles. The first kappa shape index (κ1) is 13.5. The van der Waals surface area contributed by atoms with E-state index in [2.05, 4.69) is 27.9 Å². The van der Waals surface area contributed by atoms with Crippen LogP contribution in [0.4, 0.5) is 0 Å². The molecule has 0 radical (unpaired) electrons. The lowest BCUT2D eigenvalue weighted by molar-refractivity contribution is 0.0952. The van der Waals surface area contributed by atoms with E-state index in [1.165, 1.54) is 0 Å². The van der Waals surface area contributed by atoms with Gasteiger partial charge in [0.15, 0.2) is 0 Å².